The van der Waals surface area contributed by atoms with Gasteiger partial charge < -0.3 is 14.2 Å². The van der Waals surface area contributed by atoms with Gasteiger partial charge in [-0.1, -0.05) is 0 Å². The van der Waals surface area contributed by atoms with Crippen molar-refractivity contribution in [2.75, 3.05) is 32.2 Å². The lowest BCUT2D eigenvalue weighted by atomic mass is 10.3. The zero-order valence-corrected chi connectivity index (χ0v) is 13.7. The first-order valence-electron chi connectivity index (χ1n) is 6.80. The Morgan fingerprint density at radius 2 is 1.78 bits per heavy atom. The lowest BCUT2D eigenvalue weighted by Crippen LogP contribution is -2.13. The molecule has 2 rings (SSSR count). The molecule has 124 valence electrons. The topological polar surface area (TPSA) is 86.8 Å². The average molecular weight is 338 g/mol. The second kappa shape index (κ2) is 7.80. The zero-order valence-electron chi connectivity index (χ0n) is 12.9. The highest BCUT2D eigenvalue weighted by Gasteiger charge is 2.14. The van der Waals surface area contributed by atoms with Crippen LogP contribution in [0.1, 0.15) is 0 Å². The fourth-order valence-electron chi connectivity index (χ4n) is 1.72. The van der Waals surface area contributed by atoms with Gasteiger partial charge in [-0.05, 0) is 30.3 Å². The van der Waals surface area contributed by atoms with Gasteiger partial charge in [0.15, 0.2) is 0 Å². The number of anilines is 1. The van der Waals surface area contributed by atoms with E-state index in [0.717, 1.165) is 0 Å². The summed E-state index contributed by atoms with van der Waals surface area (Å²) in [7, 11) is -0.584. The van der Waals surface area contributed by atoms with Gasteiger partial charge in [-0.2, -0.15) is 0 Å². The minimum Gasteiger partial charge on any atom is -0.497 e. The van der Waals surface area contributed by atoms with Gasteiger partial charge in [0, 0.05) is 13.2 Å². The smallest absolute Gasteiger partial charge is 0.261 e. The van der Waals surface area contributed by atoms with Crippen molar-refractivity contribution < 1.29 is 22.6 Å². The minimum absolute atomic E-state index is 0.138. The number of hydrogen-bond donors (Lipinski definition) is 1. The second-order valence-electron chi connectivity index (χ2n) is 4.51. The summed E-state index contributed by atoms with van der Waals surface area (Å²) in [5, 5.41) is 0. The number of benzene rings is 1. The van der Waals surface area contributed by atoms with E-state index in [4.69, 9.17) is 14.2 Å². The van der Waals surface area contributed by atoms with Gasteiger partial charge in [-0.25, -0.2) is 13.4 Å². The molecule has 1 heterocycles. The highest BCUT2D eigenvalue weighted by atomic mass is 32.2. The summed E-state index contributed by atoms with van der Waals surface area (Å²) < 4.78 is 42.2. The molecule has 0 aliphatic heterocycles. The minimum atomic E-state index is -3.68. The van der Waals surface area contributed by atoms with Crippen LogP contribution >= 0.6 is 0 Å². The predicted octanol–water partition coefficient (Wildman–Crippen LogP) is 1.92. The van der Waals surface area contributed by atoms with Crippen LogP contribution in [0.25, 0.3) is 0 Å². The third-order valence-electron chi connectivity index (χ3n) is 2.90. The van der Waals surface area contributed by atoms with Crippen LogP contribution in [0.5, 0.6) is 11.6 Å². The van der Waals surface area contributed by atoms with E-state index in [1.54, 1.807) is 31.4 Å². The number of hydrogen-bond acceptors (Lipinski definition) is 6. The van der Waals surface area contributed by atoms with Crippen molar-refractivity contribution in [2.24, 2.45) is 0 Å². The van der Waals surface area contributed by atoms with Crippen molar-refractivity contribution in [1.29, 1.82) is 0 Å². The lowest BCUT2D eigenvalue weighted by molar-refractivity contribution is 0.144. The van der Waals surface area contributed by atoms with E-state index in [1.807, 2.05) is 0 Å². The van der Waals surface area contributed by atoms with E-state index < -0.39 is 10.0 Å². The summed E-state index contributed by atoms with van der Waals surface area (Å²) in [5.74, 6) is 0.984. The van der Waals surface area contributed by atoms with E-state index in [1.165, 1.54) is 25.4 Å². The summed E-state index contributed by atoms with van der Waals surface area (Å²) in [6, 6.07) is 9.27. The Morgan fingerprint density at radius 1 is 1.04 bits per heavy atom. The van der Waals surface area contributed by atoms with Gasteiger partial charge >= 0.3 is 0 Å². The molecule has 0 amide bonds. The number of pyridine rings is 1. The van der Waals surface area contributed by atoms with Crippen LogP contribution in [0.4, 0.5) is 5.69 Å². The quantitative estimate of drug-likeness (QED) is 0.740. The molecule has 0 radical (unpaired) electrons. The van der Waals surface area contributed by atoms with Crippen molar-refractivity contribution in [1.82, 2.24) is 4.98 Å². The highest BCUT2D eigenvalue weighted by molar-refractivity contribution is 7.92. The highest BCUT2D eigenvalue weighted by Crippen LogP contribution is 2.19. The Labute approximate surface area is 135 Å². The van der Waals surface area contributed by atoms with E-state index in [9.17, 15) is 8.42 Å². The van der Waals surface area contributed by atoms with E-state index in [-0.39, 0.29) is 4.90 Å². The number of sulfonamides is 1. The van der Waals surface area contributed by atoms with Crippen molar-refractivity contribution >= 4 is 15.7 Å². The number of methoxy groups -OCH3 is 2. The maximum Gasteiger partial charge on any atom is 0.261 e. The standard InChI is InChI=1S/C15H18N2O5S/c1-20-9-10-22-15-8-3-12(11-16-15)17-23(18,19)14-6-4-13(21-2)5-7-14/h3-8,11,17H,9-10H2,1-2H3. The normalized spacial score (nSPS) is 11.0. The monoisotopic (exact) mass is 338 g/mol. The van der Waals surface area contributed by atoms with Crippen molar-refractivity contribution in [3.8, 4) is 11.6 Å². The van der Waals surface area contributed by atoms with Crippen LogP contribution in [0.15, 0.2) is 47.5 Å². The molecule has 7 nitrogen and oxygen atoms in total. The molecule has 1 aromatic heterocycles. The van der Waals surface area contributed by atoms with Gasteiger partial charge in [0.2, 0.25) is 5.88 Å². The SMILES string of the molecule is COCCOc1ccc(NS(=O)(=O)c2ccc(OC)cc2)cn1. The summed E-state index contributed by atoms with van der Waals surface area (Å²) in [5.41, 5.74) is 0.347. The first-order valence-corrected chi connectivity index (χ1v) is 8.28. The van der Waals surface area contributed by atoms with Crippen LogP contribution in [0.2, 0.25) is 0 Å². The fourth-order valence-corrected chi connectivity index (χ4v) is 2.77. The van der Waals surface area contributed by atoms with Crippen LogP contribution in [0, 0.1) is 0 Å². The molecular formula is C15H18N2O5S. The molecule has 0 fully saturated rings. The molecule has 0 aliphatic carbocycles. The molecule has 0 bridgehead atoms. The molecule has 1 N–H and O–H groups in total. The molecule has 2 aromatic rings. The summed E-state index contributed by atoms with van der Waals surface area (Å²) in [6.07, 6.45) is 1.39. The number of ether oxygens (including phenoxy) is 3. The van der Waals surface area contributed by atoms with E-state index in [2.05, 4.69) is 9.71 Å². The Kier molecular flexibility index (Phi) is 5.78. The number of rotatable bonds is 8. The average Bonchev–Trinajstić information content (AvgIpc) is 2.56. The van der Waals surface area contributed by atoms with Gasteiger partial charge in [-0.3, -0.25) is 4.72 Å². The summed E-state index contributed by atoms with van der Waals surface area (Å²) >= 11 is 0. The third-order valence-corrected chi connectivity index (χ3v) is 4.29. The van der Waals surface area contributed by atoms with Crippen molar-refractivity contribution in [3.05, 3.63) is 42.6 Å². The maximum atomic E-state index is 12.3. The van der Waals surface area contributed by atoms with Crippen molar-refractivity contribution in [3.63, 3.8) is 0 Å². The third kappa shape index (κ3) is 4.83. The number of aromatic nitrogens is 1. The number of nitrogens with zero attached hydrogens (tertiary/aromatic N) is 1. The summed E-state index contributed by atoms with van der Waals surface area (Å²) in [4.78, 5) is 4.17. The lowest BCUT2D eigenvalue weighted by Gasteiger charge is -2.09. The van der Waals surface area contributed by atoms with Gasteiger partial charge in [0.05, 0.1) is 30.5 Å². The fraction of sp³-hybridized carbons (Fsp3) is 0.267. The zero-order chi connectivity index (χ0) is 16.7. The molecule has 0 atom stereocenters. The molecule has 1 aromatic carbocycles. The molecular weight excluding hydrogens is 320 g/mol. The van der Waals surface area contributed by atoms with Crippen LogP contribution in [-0.4, -0.2) is 40.8 Å². The molecule has 0 saturated carbocycles. The Bertz CT molecular complexity index is 715. The molecule has 0 aliphatic rings. The molecule has 23 heavy (non-hydrogen) atoms. The first kappa shape index (κ1) is 17.0. The van der Waals surface area contributed by atoms with Gasteiger partial charge in [0.25, 0.3) is 10.0 Å². The number of nitrogens with one attached hydrogen (secondary N) is 1. The van der Waals surface area contributed by atoms with E-state index in [0.29, 0.717) is 30.5 Å². The summed E-state index contributed by atoms with van der Waals surface area (Å²) in [6.45, 7) is 0.827. The van der Waals surface area contributed by atoms with E-state index >= 15 is 0 Å². The molecule has 0 saturated heterocycles. The van der Waals surface area contributed by atoms with Crippen molar-refractivity contribution in [2.45, 2.75) is 4.90 Å². The van der Waals surface area contributed by atoms with Crippen LogP contribution in [0.3, 0.4) is 0 Å². The Balaban J connectivity index is 2.04. The predicted molar refractivity (Wildman–Crippen MR) is 85.4 cm³/mol. The van der Waals surface area contributed by atoms with Gasteiger partial charge in [0.1, 0.15) is 12.4 Å². The van der Waals surface area contributed by atoms with Crippen LogP contribution < -0.4 is 14.2 Å². The molecule has 0 spiro atoms. The second-order valence-corrected chi connectivity index (χ2v) is 6.19. The molecule has 8 heteroatoms. The van der Waals surface area contributed by atoms with Gasteiger partial charge in [-0.15, -0.1) is 0 Å². The maximum absolute atomic E-state index is 12.3. The Hall–Kier alpha value is -2.32. The first-order chi connectivity index (χ1) is 11.0. The van der Waals surface area contributed by atoms with Crippen LogP contribution in [-0.2, 0) is 14.8 Å². The molecule has 0 unspecified atom stereocenters. The Morgan fingerprint density at radius 3 is 2.35 bits per heavy atom. The largest absolute Gasteiger partial charge is 0.497 e.